The summed E-state index contributed by atoms with van der Waals surface area (Å²) in [6.07, 6.45) is -7.51. The Morgan fingerprint density at radius 1 is 0.862 bits per heavy atom. The molecule has 330 valence electrons. The van der Waals surface area contributed by atoms with Crippen molar-refractivity contribution < 1.29 is 75.5 Å². The standard InChI is InChI=1S/C41H64O16S/c1-18-10-13-41(50-17-18)19(2)30-28(56-41)16-27-25-9-8-23-14-24(57-58(47,48)49)15-29(40(23,7)26(25)11-12-39(27,30)6)54-37-36(34(46)32(44)20(3)51-37)55-38-35(53-22(5)42)33(45)31(43)21(4)52-38/h8,18-21,24-38,43-46H,9-17H2,1-7H3,(H,47,48,49)/t18-,19-,20+,21-,24+,25?,26?,27?,28-,29+,30?,31-,32-,33+,34-,35+,36+,37-,38-,39-,40-,41+/m0/s1. The first kappa shape index (κ1) is 43.3. The molecule has 4 aliphatic heterocycles. The molecule has 4 saturated heterocycles. The Hall–Kier alpha value is -1.32. The second kappa shape index (κ2) is 15.5. The van der Waals surface area contributed by atoms with Gasteiger partial charge in [0.05, 0.1) is 37.1 Å². The van der Waals surface area contributed by atoms with E-state index in [1.165, 1.54) is 6.92 Å². The fraction of sp³-hybridized carbons (Fsp3) is 0.927. The van der Waals surface area contributed by atoms with Crippen LogP contribution in [0.2, 0.25) is 0 Å². The molecule has 4 aliphatic carbocycles. The Bertz CT molecular complexity index is 1680. The van der Waals surface area contributed by atoms with Crippen molar-refractivity contribution in [2.45, 2.75) is 185 Å². The smallest absolute Gasteiger partial charge is 0.397 e. The second-order valence-electron chi connectivity index (χ2n) is 19.4. The van der Waals surface area contributed by atoms with Crippen LogP contribution < -0.4 is 0 Å². The number of allylic oxidation sites excluding steroid dienone is 1. The molecule has 1 spiro atoms. The molecule has 0 radical (unpaired) electrons. The molecule has 0 amide bonds. The molecule has 0 bridgehead atoms. The van der Waals surface area contributed by atoms with Crippen LogP contribution in [-0.2, 0) is 52.5 Å². The molecule has 0 aromatic rings. The van der Waals surface area contributed by atoms with E-state index in [-0.39, 0.29) is 42.1 Å². The average Bonchev–Trinajstić information content (AvgIpc) is 3.59. The van der Waals surface area contributed by atoms with Gasteiger partial charge in [-0.05, 0) is 87.4 Å². The molecule has 3 saturated carbocycles. The van der Waals surface area contributed by atoms with E-state index in [0.717, 1.165) is 51.0 Å². The summed E-state index contributed by atoms with van der Waals surface area (Å²) in [4.78, 5) is 12.1. The van der Waals surface area contributed by atoms with Crippen LogP contribution >= 0.6 is 0 Å². The molecular weight excluding hydrogens is 781 g/mol. The SMILES string of the molecule is CC(=O)O[C@H]1[C@H](O[C@H]2[C@H](O[C@@H]3C[C@H](OS(=O)(=O)O)CC4=CCC5C6C[C@@H]7O[C@]8(CC[C@H](C)CO8)[C@@H](C)C7[C@@]6(C)CCC5[C@]43C)O[C@H](C)[C@H](O)[C@@H]2O)O[C@@H](C)[C@H](O)[C@H]1O. The van der Waals surface area contributed by atoms with E-state index in [2.05, 4.69) is 33.8 Å². The number of hydrogen-bond donors (Lipinski definition) is 5. The zero-order chi connectivity index (χ0) is 41.9. The van der Waals surface area contributed by atoms with Gasteiger partial charge in [0.25, 0.3) is 0 Å². The second-order valence-corrected chi connectivity index (χ2v) is 20.5. The number of aliphatic hydroxyl groups excluding tert-OH is 4. The number of rotatable bonds is 7. The Morgan fingerprint density at radius 3 is 2.14 bits per heavy atom. The Morgan fingerprint density at radius 2 is 1.52 bits per heavy atom. The van der Waals surface area contributed by atoms with Gasteiger partial charge in [-0.2, -0.15) is 8.42 Å². The summed E-state index contributed by atoms with van der Waals surface area (Å²) in [6.45, 7) is 14.0. The highest BCUT2D eigenvalue weighted by Gasteiger charge is 2.69. The minimum absolute atomic E-state index is 0.0133. The minimum atomic E-state index is -4.83. The molecule has 8 aliphatic rings. The van der Waals surface area contributed by atoms with Crippen molar-refractivity contribution in [2.24, 2.45) is 46.3 Å². The lowest BCUT2D eigenvalue weighted by Gasteiger charge is -2.61. The van der Waals surface area contributed by atoms with Crippen LogP contribution in [0.25, 0.3) is 0 Å². The molecule has 22 atom stereocenters. The van der Waals surface area contributed by atoms with E-state index in [4.69, 9.17) is 37.3 Å². The average molecular weight is 845 g/mol. The van der Waals surface area contributed by atoms with Gasteiger partial charge in [0.15, 0.2) is 24.5 Å². The zero-order valence-corrected chi connectivity index (χ0v) is 35.4. The summed E-state index contributed by atoms with van der Waals surface area (Å²) >= 11 is 0. The quantitative estimate of drug-likeness (QED) is 0.141. The van der Waals surface area contributed by atoms with Crippen LogP contribution in [0.1, 0.15) is 99.8 Å². The third-order valence-corrected chi connectivity index (χ3v) is 16.6. The van der Waals surface area contributed by atoms with E-state index >= 15 is 0 Å². The highest BCUT2D eigenvalue weighted by molar-refractivity contribution is 7.80. The monoisotopic (exact) mass is 844 g/mol. The van der Waals surface area contributed by atoms with Gasteiger partial charge in [-0.15, -0.1) is 0 Å². The summed E-state index contributed by atoms with van der Waals surface area (Å²) in [5.41, 5.74) is 0.290. The highest BCUT2D eigenvalue weighted by atomic mass is 32.3. The van der Waals surface area contributed by atoms with E-state index < -0.39 is 101 Å². The van der Waals surface area contributed by atoms with Crippen LogP contribution in [0.4, 0.5) is 0 Å². The third-order valence-electron chi connectivity index (χ3n) is 16.1. The van der Waals surface area contributed by atoms with Gasteiger partial charge in [0.1, 0.15) is 30.5 Å². The summed E-state index contributed by atoms with van der Waals surface area (Å²) in [6, 6.07) is 0. The van der Waals surface area contributed by atoms with Gasteiger partial charge in [-0.3, -0.25) is 9.35 Å². The Kier molecular flexibility index (Phi) is 11.6. The third kappa shape index (κ3) is 7.22. The zero-order valence-electron chi connectivity index (χ0n) is 34.5. The number of esters is 1. The van der Waals surface area contributed by atoms with E-state index in [0.29, 0.717) is 24.4 Å². The van der Waals surface area contributed by atoms with E-state index in [1.54, 1.807) is 6.92 Å². The first-order valence-electron chi connectivity index (χ1n) is 21.3. The summed E-state index contributed by atoms with van der Waals surface area (Å²) in [5.74, 6) is 0.489. The maximum absolute atomic E-state index is 12.1. The fourth-order valence-electron chi connectivity index (χ4n) is 13.1. The van der Waals surface area contributed by atoms with Crippen LogP contribution in [0, 0.1) is 46.3 Å². The van der Waals surface area contributed by atoms with Gasteiger partial charge in [0.2, 0.25) is 0 Å². The summed E-state index contributed by atoms with van der Waals surface area (Å²) in [5, 5.41) is 44.0. The summed E-state index contributed by atoms with van der Waals surface area (Å²) in [7, 11) is -4.83. The topological polar surface area (TPSA) is 226 Å². The fourth-order valence-corrected chi connectivity index (χ4v) is 13.6. The highest BCUT2D eigenvalue weighted by Crippen LogP contribution is 2.71. The first-order chi connectivity index (χ1) is 27.2. The van der Waals surface area contributed by atoms with Crippen LogP contribution in [0.5, 0.6) is 0 Å². The van der Waals surface area contributed by atoms with Gasteiger partial charge in [-0.25, -0.2) is 4.18 Å². The maximum atomic E-state index is 12.1. The van der Waals surface area contributed by atoms with Crippen molar-refractivity contribution in [3.8, 4) is 0 Å². The van der Waals surface area contributed by atoms with Crippen LogP contribution in [0.3, 0.4) is 0 Å². The van der Waals surface area contributed by atoms with Crippen molar-refractivity contribution in [3.63, 3.8) is 0 Å². The maximum Gasteiger partial charge on any atom is 0.397 e. The first-order valence-corrected chi connectivity index (χ1v) is 22.7. The Balaban J connectivity index is 1.09. The molecular formula is C41H64O16S. The predicted molar refractivity (Wildman–Crippen MR) is 201 cm³/mol. The largest absolute Gasteiger partial charge is 0.454 e. The Labute approximate surface area is 341 Å². The number of ether oxygens (including phenoxy) is 7. The van der Waals surface area contributed by atoms with E-state index in [1.807, 2.05) is 0 Å². The van der Waals surface area contributed by atoms with E-state index in [9.17, 15) is 38.2 Å². The molecule has 16 nitrogen and oxygen atoms in total. The number of hydrogen-bond acceptors (Lipinski definition) is 15. The lowest BCUT2D eigenvalue weighted by Crippen LogP contribution is -2.65. The van der Waals surface area contributed by atoms with Crippen molar-refractivity contribution in [2.75, 3.05) is 6.61 Å². The molecule has 7 fully saturated rings. The number of fused-ring (bicyclic) bond motifs is 7. The summed E-state index contributed by atoms with van der Waals surface area (Å²) < 4.78 is 83.3. The van der Waals surface area contributed by atoms with Gasteiger partial charge < -0.3 is 53.6 Å². The molecule has 0 aromatic carbocycles. The number of carbonyl (C=O) groups excluding carboxylic acids is 1. The number of carbonyl (C=O) groups is 1. The van der Waals surface area contributed by atoms with Gasteiger partial charge in [-0.1, -0.05) is 39.3 Å². The molecule has 4 heterocycles. The molecule has 58 heavy (non-hydrogen) atoms. The predicted octanol–water partition coefficient (Wildman–Crippen LogP) is 2.79. The van der Waals surface area contributed by atoms with Crippen LogP contribution in [-0.4, -0.2) is 131 Å². The lowest BCUT2D eigenvalue weighted by atomic mass is 9.46. The molecule has 17 heteroatoms. The molecule has 0 aromatic heterocycles. The molecule has 4 unspecified atom stereocenters. The van der Waals surface area contributed by atoms with Crippen LogP contribution in [0.15, 0.2) is 11.6 Å². The van der Waals surface area contributed by atoms with Gasteiger partial charge in [0, 0.05) is 31.1 Å². The van der Waals surface area contributed by atoms with Crippen molar-refractivity contribution in [3.05, 3.63) is 11.6 Å². The minimum Gasteiger partial charge on any atom is -0.454 e. The lowest BCUT2D eigenvalue weighted by molar-refractivity contribution is -0.371. The molecule has 8 rings (SSSR count). The normalized spacial score (nSPS) is 54.2. The van der Waals surface area contributed by atoms with Gasteiger partial charge >= 0.3 is 16.4 Å². The van der Waals surface area contributed by atoms with Crippen molar-refractivity contribution in [1.82, 2.24) is 0 Å². The number of aliphatic hydroxyl groups is 4. The van der Waals surface area contributed by atoms with Crippen molar-refractivity contribution in [1.29, 1.82) is 0 Å². The molecule has 5 N–H and O–H groups in total. The van der Waals surface area contributed by atoms with Crippen molar-refractivity contribution >= 4 is 16.4 Å².